The van der Waals surface area contributed by atoms with E-state index in [4.69, 9.17) is 0 Å². The molecule has 1 aromatic heterocycles. The fraction of sp³-hybridized carbons (Fsp3) is 0.174. The lowest BCUT2D eigenvalue weighted by Gasteiger charge is -2.29. The zero-order valence-corrected chi connectivity index (χ0v) is 16.8. The number of likely N-dealkylation sites (N-methyl/N-ethyl adjacent to an activating group) is 1. The lowest BCUT2D eigenvalue weighted by atomic mass is 10.0. The molecule has 4 rings (SSSR count). The fourth-order valence-corrected chi connectivity index (χ4v) is 4.34. The first-order valence-corrected chi connectivity index (χ1v) is 10.2. The second-order valence-corrected chi connectivity index (χ2v) is 8.04. The first kappa shape index (κ1) is 19.1. The van der Waals surface area contributed by atoms with Gasteiger partial charge in [0.05, 0.1) is 17.7 Å². The Labute approximate surface area is 173 Å². The van der Waals surface area contributed by atoms with E-state index >= 15 is 0 Å². The summed E-state index contributed by atoms with van der Waals surface area (Å²) < 4.78 is 0. The number of amides is 3. The molecule has 0 spiro atoms. The van der Waals surface area contributed by atoms with E-state index in [9.17, 15) is 14.4 Å². The minimum atomic E-state index is -0.894. The average Bonchev–Trinajstić information content (AvgIpc) is 3.34. The van der Waals surface area contributed by atoms with Crippen molar-refractivity contribution in [1.29, 1.82) is 0 Å². The number of carbonyl (C=O) groups excluding carboxylic acids is 3. The van der Waals surface area contributed by atoms with Crippen LogP contribution in [0.4, 0.5) is 0 Å². The predicted molar refractivity (Wildman–Crippen MR) is 112 cm³/mol. The number of hydrogen-bond acceptors (Lipinski definition) is 4. The largest absolute Gasteiger partial charge is 0.339 e. The lowest BCUT2D eigenvalue weighted by molar-refractivity contribution is -0.134. The molecule has 0 radical (unpaired) electrons. The number of rotatable bonds is 6. The summed E-state index contributed by atoms with van der Waals surface area (Å²) in [4.78, 5) is 43.2. The van der Waals surface area contributed by atoms with Crippen LogP contribution in [0.15, 0.2) is 72.1 Å². The van der Waals surface area contributed by atoms with E-state index in [2.05, 4.69) is 0 Å². The number of benzene rings is 2. The molecule has 146 valence electrons. The minimum absolute atomic E-state index is 0.253. The van der Waals surface area contributed by atoms with Crippen molar-refractivity contribution in [3.05, 3.63) is 93.7 Å². The van der Waals surface area contributed by atoms with Crippen molar-refractivity contribution in [3.8, 4) is 0 Å². The van der Waals surface area contributed by atoms with Gasteiger partial charge in [-0.1, -0.05) is 48.5 Å². The molecule has 0 aliphatic carbocycles. The van der Waals surface area contributed by atoms with Crippen LogP contribution in [0, 0.1) is 0 Å². The Morgan fingerprint density at radius 2 is 1.55 bits per heavy atom. The van der Waals surface area contributed by atoms with Crippen LogP contribution in [-0.4, -0.2) is 40.6 Å². The standard InChI is InChI=1S/C23H20N2O3S/c1-24(15-17-10-7-13-29-17)23(28)20(14-16-8-3-2-4-9-16)25-21(26)18-11-5-6-12-19(18)22(25)27/h2-13,20H,14-15H2,1H3/t20-/m0/s1. The molecule has 0 unspecified atom stereocenters. The second-order valence-electron chi connectivity index (χ2n) is 7.01. The Balaban J connectivity index is 1.66. The highest BCUT2D eigenvalue weighted by Gasteiger charge is 2.43. The van der Waals surface area contributed by atoms with E-state index in [-0.39, 0.29) is 12.3 Å². The van der Waals surface area contributed by atoms with Gasteiger partial charge in [-0.25, -0.2) is 0 Å². The van der Waals surface area contributed by atoms with Crippen LogP contribution in [0.1, 0.15) is 31.2 Å². The van der Waals surface area contributed by atoms with Crippen LogP contribution in [0.3, 0.4) is 0 Å². The van der Waals surface area contributed by atoms with Crippen molar-refractivity contribution in [2.45, 2.75) is 19.0 Å². The highest BCUT2D eigenvalue weighted by Crippen LogP contribution is 2.27. The van der Waals surface area contributed by atoms with E-state index in [0.717, 1.165) is 15.3 Å². The quantitative estimate of drug-likeness (QED) is 0.590. The van der Waals surface area contributed by atoms with Crippen molar-refractivity contribution < 1.29 is 14.4 Å². The second kappa shape index (κ2) is 8.01. The van der Waals surface area contributed by atoms with Crippen molar-refractivity contribution >= 4 is 29.1 Å². The van der Waals surface area contributed by atoms with Gasteiger partial charge in [-0.05, 0) is 29.1 Å². The Morgan fingerprint density at radius 3 is 2.14 bits per heavy atom. The SMILES string of the molecule is CN(Cc1cccs1)C(=O)[C@H](Cc1ccccc1)N1C(=O)c2ccccc2C1=O. The van der Waals surface area contributed by atoms with Crippen molar-refractivity contribution in [1.82, 2.24) is 9.80 Å². The topological polar surface area (TPSA) is 57.7 Å². The Kier molecular flexibility index (Phi) is 5.27. The van der Waals surface area contributed by atoms with Gasteiger partial charge in [-0.2, -0.15) is 0 Å². The zero-order valence-electron chi connectivity index (χ0n) is 15.9. The molecule has 1 atom stereocenters. The smallest absolute Gasteiger partial charge is 0.262 e. The van der Waals surface area contributed by atoms with Gasteiger partial charge in [0.25, 0.3) is 11.8 Å². The van der Waals surface area contributed by atoms with Crippen LogP contribution in [0.25, 0.3) is 0 Å². The van der Waals surface area contributed by atoms with Crippen molar-refractivity contribution in [2.24, 2.45) is 0 Å². The predicted octanol–water partition coefficient (Wildman–Crippen LogP) is 3.61. The Hall–Kier alpha value is -3.25. The van der Waals surface area contributed by atoms with E-state index < -0.39 is 17.9 Å². The number of thiophene rings is 1. The molecule has 29 heavy (non-hydrogen) atoms. The summed E-state index contributed by atoms with van der Waals surface area (Å²) in [5.41, 5.74) is 1.60. The lowest BCUT2D eigenvalue weighted by Crippen LogP contribution is -2.51. The third-order valence-corrected chi connectivity index (χ3v) is 5.90. The maximum absolute atomic E-state index is 13.4. The molecule has 6 heteroatoms. The van der Waals surface area contributed by atoms with Gasteiger partial charge in [-0.3, -0.25) is 19.3 Å². The van der Waals surface area contributed by atoms with E-state index in [1.54, 1.807) is 47.5 Å². The third kappa shape index (κ3) is 3.71. The summed E-state index contributed by atoms with van der Waals surface area (Å²) in [6.07, 6.45) is 0.278. The number of nitrogens with zero attached hydrogens (tertiary/aromatic N) is 2. The molecule has 5 nitrogen and oxygen atoms in total. The van der Waals surface area contributed by atoms with Gasteiger partial charge in [0, 0.05) is 18.3 Å². The normalized spacial score (nSPS) is 14.0. The van der Waals surface area contributed by atoms with Crippen molar-refractivity contribution in [3.63, 3.8) is 0 Å². The highest BCUT2D eigenvalue weighted by molar-refractivity contribution is 7.09. The molecule has 0 fully saturated rings. The van der Waals surface area contributed by atoms with E-state index in [1.807, 2.05) is 47.8 Å². The number of hydrogen-bond donors (Lipinski definition) is 0. The number of carbonyl (C=O) groups is 3. The fourth-order valence-electron chi connectivity index (χ4n) is 3.59. The molecule has 1 aliphatic heterocycles. The summed E-state index contributed by atoms with van der Waals surface area (Å²) in [5.74, 6) is -1.08. The highest BCUT2D eigenvalue weighted by atomic mass is 32.1. The van der Waals surface area contributed by atoms with Crippen LogP contribution >= 0.6 is 11.3 Å². The Bertz CT molecular complexity index is 1010. The minimum Gasteiger partial charge on any atom is -0.339 e. The van der Waals surface area contributed by atoms with Gasteiger partial charge >= 0.3 is 0 Å². The van der Waals surface area contributed by atoms with Gasteiger partial charge in [0.2, 0.25) is 5.91 Å². The van der Waals surface area contributed by atoms with Gasteiger partial charge < -0.3 is 4.90 Å². The molecule has 1 aliphatic rings. The molecule has 3 aromatic rings. The van der Waals surface area contributed by atoms with E-state index in [0.29, 0.717) is 17.7 Å². The maximum Gasteiger partial charge on any atom is 0.262 e. The molecule has 2 aromatic carbocycles. The first-order chi connectivity index (χ1) is 14.1. The molecule has 0 bridgehead atoms. The maximum atomic E-state index is 13.4. The van der Waals surface area contributed by atoms with Crippen LogP contribution in [0.5, 0.6) is 0 Å². The first-order valence-electron chi connectivity index (χ1n) is 9.34. The summed E-state index contributed by atoms with van der Waals surface area (Å²) in [7, 11) is 1.71. The molecule has 0 saturated heterocycles. The van der Waals surface area contributed by atoms with Crippen LogP contribution in [-0.2, 0) is 17.8 Å². The molecule has 2 heterocycles. The van der Waals surface area contributed by atoms with Crippen LogP contribution in [0.2, 0.25) is 0 Å². The molecule has 0 N–H and O–H groups in total. The number of imide groups is 1. The summed E-state index contributed by atoms with van der Waals surface area (Å²) in [6.45, 7) is 0.435. The van der Waals surface area contributed by atoms with Gasteiger partial charge in [0.15, 0.2) is 0 Å². The summed E-state index contributed by atoms with van der Waals surface area (Å²) in [6, 6.07) is 19.2. The summed E-state index contributed by atoms with van der Waals surface area (Å²) in [5, 5.41) is 1.96. The monoisotopic (exact) mass is 404 g/mol. The third-order valence-electron chi connectivity index (χ3n) is 5.04. The molecular weight excluding hydrogens is 384 g/mol. The molecule has 0 saturated carbocycles. The molecule has 3 amide bonds. The number of fused-ring (bicyclic) bond motifs is 1. The van der Waals surface area contributed by atoms with E-state index in [1.165, 1.54) is 0 Å². The summed E-state index contributed by atoms with van der Waals surface area (Å²) >= 11 is 1.57. The van der Waals surface area contributed by atoms with Crippen molar-refractivity contribution in [2.75, 3.05) is 7.05 Å². The molecular formula is C23H20N2O3S. The average molecular weight is 404 g/mol. The Morgan fingerprint density at radius 1 is 0.931 bits per heavy atom. The van der Waals surface area contributed by atoms with Gasteiger partial charge in [0.1, 0.15) is 6.04 Å². The van der Waals surface area contributed by atoms with Gasteiger partial charge in [-0.15, -0.1) is 11.3 Å². The van der Waals surface area contributed by atoms with Crippen LogP contribution < -0.4 is 0 Å². The zero-order chi connectivity index (χ0) is 20.4.